The predicted octanol–water partition coefficient (Wildman–Crippen LogP) is 1.13. The van der Waals surface area contributed by atoms with Gasteiger partial charge in [0, 0.05) is 23.8 Å². The third-order valence-electron chi connectivity index (χ3n) is 12.4. The van der Waals surface area contributed by atoms with Gasteiger partial charge in [-0.25, -0.2) is 4.79 Å². The number of aliphatic hydroxyl groups excluding tert-OH is 1. The van der Waals surface area contributed by atoms with Gasteiger partial charge in [0.05, 0.1) is 30.5 Å². The van der Waals surface area contributed by atoms with Gasteiger partial charge in [-0.1, -0.05) is 13.8 Å². The van der Waals surface area contributed by atoms with E-state index in [0.717, 1.165) is 12.0 Å². The van der Waals surface area contributed by atoms with E-state index in [-0.39, 0.29) is 55.1 Å². The Hall–Kier alpha value is -1.40. The van der Waals surface area contributed by atoms with Crippen LogP contribution in [-0.4, -0.2) is 87.5 Å². The molecular weight excluding hydrogens is 508 g/mol. The van der Waals surface area contributed by atoms with E-state index in [0.29, 0.717) is 32.1 Å². The van der Waals surface area contributed by atoms with E-state index in [1.807, 2.05) is 6.92 Å². The van der Waals surface area contributed by atoms with E-state index in [9.17, 15) is 24.9 Å². The molecule has 4 aliphatic heterocycles. The summed E-state index contributed by atoms with van der Waals surface area (Å²) in [7, 11) is 0. The molecule has 3 saturated heterocycles. The lowest BCUT2D eigenvalue weighted by molar-refractivity contribution is -0.414. The second kappa shape index (κ2) is 7.51. The fourth-order valence-corrected chi connectivity index (χ4v) is 10.7. The number of hydrogen-bond donors (Lipinski definition) is 3. The first kappa shape index (κ1) is 25.3. The van der Waals surface area contributed by atoms with Gasteiger partial charge in [-0.15, -0.1) is 0 Å². The number of Topliss-reactive ketones (excluding diaryl/α,β-unsaturated/α-hetero) is 1. The van der Waals surface area contributed by atoms with Crippen LogP contribution in [0.15, 0.2) is 11.6 Å². The molecule has 10 nitrogen and oxygen atoms in total. The number of cyclic esters (lactones) is 1. The molecule has 8 aliphatic rings. The average Bonchev–Trinajstić information content (AvgIpc) is 3.29. The van der Waals surface area contributed by atoms with Gasteiger partial charge in [-0.3, -0.25) is 4.79 Å². The zero-order valence-electron chi connectivity index (χ0n) is 22.6. The standard InChI is InChI=1S/C29H38O10/c1-13-6-20(31)29(34)24(36-13)37-18-8-15-9-21-28(39-21)23(25(15,2)11-19(18)38-29)17(30)10-26(3)16(4-5-27(26,28)33)14-7-22(32)35-12-14/h7,13,15-19,21,23-24,30,33-34H,4-6,8-12H2,1-3H3. The normalized spacial score (nSPS) is 61.1. The molecule has 14 unspecified atom stereocenters. The van der Waals surface area contributed by atoms with Gasteiger partial charge in [0.1, 0.15) is 17.8 Å². The van der Waals surface area contributed by atoms with E-state index in [2.05, 4.69) is 6.92 Å². The molecule has 7 fully saturated rings. The number of aliphatic hydroxyl groups is 3. The van der Waals surface area contributed by atoms with Crippen LogP contribution < -0.4 is 0 Å². The molecular formula is C29H38O10. The van der Waals surface area contributed by atoms with Crippen molar-refractivity contribution < 1.29 is 48.6 Å². The van der Waals surface area contributed by atoms with Gasteiger partial charge >= 0.3 is 5.97 Å². The summed E-state index contributed by atoms with van der Waals surface area (Å²) in [5, 5.41) is 35.8. The SMILES string of the molecule is CC1CC(=O)C2(O)OC3CC4(C)C(CC3OC2O1)CC1OC12C4C(O)CC1(C)C(C3=CC(=O)OC3)CCC12O. The number of carbonyl (C=O) groups is 2. The molecule has 0 radical (unpaired) electrons. The highest BCUT2D eigenvalue weighted by atomic mass is 16.8. The molecule has 0 aromatic rings. The van der Waals surface area contributed by atoms with E-state index in [1.165, 1.54) is 0 Å². The predicted molar refractivity (Wildman–Crippen MR) is 131 cm³/mol. The van der Waals surface area contributed by atoms with Crippen molar-refractivity contribution in [2.45, 2.75) is 120 Å². The van der Waals surface area contributed by atoms with Crippen LogP contribution in [0.5, 0.6) is 0 Å². The molecule has 0 bridgehead atoms. The van der Waals surface area contributed by atoms with E-state index >= 15 is 0 Å². The van der Waals surface area contributed by atoms with E-state index < -0.39 is 52.1 Å². The molecule has 4 aliphatic carbocycles. The highest BCUT2D eigenvalue weighted by molar-refractivity contribution is 5.87. The summed E-state index contributed by atoms with van der Waals surface area (Å²) in [6.07, 6.45) is 1.67. The van der Waals surface area contributed by atoms with Crippen LogP contribution in [0.25, 0.3) is 0 Å². The van der Waals surface area contributed by atoms with Gasteiger partial charge in [0.15, 0.2) is 5.78 Å². The first-order chi connectivity index (χ1) is 18.4. The van der Waals surface area contributed by atoms with Crippen LogP contribution >= 0.6 is 0 Å². The van der Waals surface area contributed by atoms with Gasteiger partial charge in [0.2, 0.25) is 6.29 Å². The molecule has 0 aromatic carbocycles. The highest BCUT2D eigenvalue weighted by Crippen LogP contribution is 2.77. The summed E-state index contributed by atoms with van der Waals surface area (Å²) >= 11 is 0. The maximum absolute atomic E-state index is 12.8. The Bertz CT molecular complexity index is 1190. The highest BCUT2D eigenvalue weighted by Gasteiger charge is 2.86. The van der Waals surface area contributed by atoms with Crippen LogP contribution in [0.4, 0.5) is 0 Å². The van der Waals surface area contributed by atoms with Crippen LogP contribution in [0, 0.1) is 28.6 Å². The smallest absolute Gasteiger partial charge is 0.331 e. The Labute approximate surface area is 226 Å². The number of ketones is 1. The zero-order chi connectivity index (χ0) is 27.3. The van der Waals surface area contributed by atoms with Crippen molar-refractivity contribution >= 4 is 11.8 Å². The van der Waals surface area contributed by atoms with Crippen LogP contribution in [0.1, 0.15) is 65.7 Å². The molecule has 0 aromatic heterocycles. The van der Waals surface area contributed by atoms with Crippen molar-refractivity contribution in [3.63, 3.8) is 0 Å². The summed E-state index contributed by atoms with van der Waals surface area (Å²) in [6, 6.07) is 0. The molecule has 8 rings (SSSR count). The van der Waals surface area contributed by atoms with E-state index in [1.54, 1.807) is 13.0 Å². The molecule has 4 saturated carbocycles. The van der Waals surface area contributed by atoms with Gasteiger partial charge in [-0.05, 0) is 68.3 Å². The molecule has 3 N–H and O–H groups in total. The summed E-state index contributed by atoms with van der Waals surface area (Å²) in [5.41, 5.74) is -2.33. The summed E-state index contributed by atoms with van der Waals surface area (Å²) < 4.78 is 29.9. The lowest BCUT2D eigenvalue weighted by Gasteiger charge is -2.65. The van der Waals surface area contributed by atoms with Gasteiger partial charge < -0.3 is 39.0 Å². The molecule has 14 atom stereocenters. The number of hydrogen-bond acceptors (Lipinski definition) is 10. The van der Waals surface area contributed by atoms with Crippen molar-refractivity contribution in [2.24, 2.45) is 28.6 Å². The quantitative estimate of drug-likeness (QED) is 0.249. The van der Waals surface area contributed by atoms with Gasteiger partial charge in [-0.2, -0.15) is 0 Å². The Morgan fingerprint density at radius 1 is 1.03 bits per heavy atom. The largest absolute Gasteiger partial charge is 0.458 e. The van der Waals surface area contributed by atoms with Crippen molar-refractivity contribution in [3.8, 4) is 0 Å². The maximum atomic E-state index is 12.8. The minimum atomic E-state index is -2.14. The Morgan fingerprint density at radius 3 is 2.56 bits per heavy atom. The first-order valence-electron chi connectivity index (χ1n) is 14.6. The molecule has 214 valence electrons. The third-order valence-corrected chi connectivity index (χ3v) is 12.4. The maximum Gasteiger partial charge on any atom is 0.331 e. The summed E-state index contributed by atoms with van der Waals surface area (Å²) in [4.78, 5) is 24.7. The van der Waals surface area contributed by atoms with Crippen LogP contribution in [0.3, 0.4) is 0 Å². The molecule has 39 heavy (non-hydrogen) atoms. The van der Waals surface area contributed by atoms with Crippen molar-refractivity contribution in [1.82, 2.24) is 0 Å². The van der Waals surface area contributed by atoms with E-state index in [4.69, 9.17) is 23.7 Å². The lowest BCUT2D eigenvalue weighted by Crippen LogP contribution is -2.74. The number of rotatable bonds is 1. The number of esters is 1. The minimum Gasteiger partial charge on any atom is -0.458 e. The monoisotopic (exact) mass is 546 g/mol. The van der Waals surface area contributed by atoms with Crippen LogP contribution in [0.2, 0.25) is 0 Å². The topological polar surface area (TPSA) is 144 Å². The fraction of sp³-hybridized carbons (Fsp3) is 0.862. The lowest BCUT2D eigenvalue weighted by atomic mass is 9.42. The van der Waals surface area contributed by atoms with Crippen LogP contribution in [-0.2, 0) is 33.3 Å². The number of fused-ring (bicyclic) bond motifs is 5. The Balaban J connectivity index is 1.14. The van der Waals surface area contributed by atoms with Crippen molar-refractivity contribution in [1.29, 1.82) is 0 Å². The minimum absolute atomic E-state index is 0.0491. The van der Waals surface area contributed by atoms with Crippen molar-refractivity contribution in [3.05, 3.63) is 11.6 Å². The molecule has 1 spiro atoms. The number of carbonyl (C=O) groups excluding carboxylic acids is 2. The first-order valence-corrected chi connectivity index (χ1v) is 14.6. The second-order valence-corrected chi connectivity index (χ2v) is 14.2. The summed E-state index contributed by atoms with van der Waals surface area (Å²) in [6.45, 7) is 6.20. The molecule has 0 amide bonds. The molecule has 10 heteroatoms. The number of ether oxygens (including phenoxy) is 5. The van der Waals surface area contributed by atoms with Gasteiger partial charge in [0.25, 0.3) is 5.79 Å². The average molecular weight is 547 g/mol. The zero-order valence-corrected chi connectivity index (χ0v) is 22.6. The second-order valence-electron chi connectivity index (χ2n) is 14.2. The Morgan fingerprint density at radius 2 is 1.82 bits per heavy atom. The fourth-order valence-electron chi connectivity index (χ4n) is 10.7. The molecule has 4 heterocycles. The number of epoxide rings is 1. The Kier molecular flexibility index (Phi) is 4.87. The van der Waals surface area contributed by atoms with Crippen molar-refractivity contribution in [2.75, 3.05) is 6.61 Å². The third kappa shape index (κ3) is 2.87. The summed E-state index contributed by atoms with van der Waals surface area (Å²) in [5.74, 6) is -3.22.